The molecule has 1 aromatic carbocycles. The molecule has 0 saturated carbocycles. The monoisotopic (exact) mass is 633 g/mol. The zero-order chi connectivity index (χ0) is 32.2. The first-order chi connectivity index (χ1) is 20.9. The molecule has 17 nitrogen and oxygen atoms in total. The number of methoxy groups -OCH3 is 2. The normalized spacial score (nSPS) is 24.2. The van der Waals surface area contributed by atoms with Crippen LogP contribution in [0.5, 0.6) is 5.75 Å². The van der Waals surface area contributed by atoms with Gasteiger partial charge in [-0.25, -0.2) is 14.1 Å². The molecule has 3 heterocycles. The van der Waals surface area contributed by atoms with Crippen LogP contribution in [0.3, 0.4) is 0 Å². The highest BCUT2D eigenvalue weighted by atomic mass is 31.2. The van der Waals surface area contributed by atoms with Crippen LogP contribution in [0.4, 0.5) is 5.82 Å². The summed E-state index contributed by atoms with van der Waals surface area (Å²) in [6.45, 7) is 0.470. The lowest BCUT2D eigenvalue weighted by atomic mass is 9.96. The Morgan fingerprint density at radius 1 is 1.20 bits per heavy atom. The molecule has 44 heavy (non-hydrogen) atoms. The number of rotatable bonds is 12. The predicted molar refractivity (Wildman–Crippen MR) is 151 cm³/mol. The second-order valence-electron chi connectivity index (χ2n) is 9.89. The third kappa shape index (κ3) is 6.66. The number of anilines is 1. The lowest BCUT2D eigenvalue weighted by molar-refractivity contribution is -0.143. The maximum Gasteiger partial charge on any atom is 0.459 e. The number of nitrogens with one attached hydrogen (secondary N) is 1. The molecule has 18 heteroatoms. The Morgan fingerprint density at radius 2 is 1.89 bits per heavy atom. The van der Waals surface area contributed by atoms with Crippen LogP contribution in [0.1, 0.15) is 24.3 Å². The van der Waals surface area contributed by atoms with Crippen molar-refractivity contribution >= 4 is 31.0 Å². The SMILES string of the molecule is COC(=O)[C@H](C)NP(=O)(OC[C@@]1(C#N)O[C@@H](c2ccc3c(N)ncnn23)[C@H](O)[C@@H]1O)Oc1ccc(C[C@H](N)C(=O)OC)cc1. The predicted octanol–water partition coefficient (Wildman–Crippen LogP) is -0.235. The van der Waals surface area contributed by atoms with E-state index < -0.39 is 62.3 Å². The van der Waals surface area contributed by atoms with Gasteiger partial charge in [-0.3, -0.25) is 14.1 Å². The fraction of sp³-hybridized carbons (Fsp3) is 0.423. The molecule has 0 radical (unpaired) electrons. The largest absolute Gasteiger partial charge is 0.468 e. The van der Waals surface area contributed by atoms with Gasteiger partial charge in [0.15, 0.2) is 5.82 Å². The van der Waals surface area contributed by atoms with Crippen molar-refractivity contribution < 1.29 is 47.6 Å². The van der Waals surface area contributed by atoms with Gasteiger partial charge in [0.2, 0.25) is 5.60 Å². The summed E-state index contributed by atoms with van der Waals surface area (Å²) in [4.78, 5) is 27.6. The van der Waals surface area contributed by atoms with Crippen molar-refractivity contribution in [1.82, 2.24) is 19.7 Å². The van der Waals surface area contributed by atoms with E-state index in [-0.39, 0.29) is 23.7 Å². The number of fused-ring (bicyclic) bond motifs is 1. The van der Waals surface area contributed by atoms with Crippen molar-refractivity contribution in [2.75, 3.05) is 26.6 Å². The minimum Gasteiger partial charge on any atom is -0.468 e. The zero-order valence-corrected chi connectivity index (χ0v) is 24.8. The van der Waals surface area contributed by atoms with Gasteiger partial charge in [0, 0.05) is 0 Å². The molecule has 0 spiro atoms. The molecule has 1 aliphatic rings. The van der Waals surface area contributed by atoms with E-state index in [1.807, 2.05) is 0 Å². The first-order valence-corrected chi connectivity index (χ1v) is 14.7. The molecule has 7 atom stereocenters. The maximum absolute atomic E-state index is 13.9. The Morgan fingerprint density at radius 3 is 2.52 bits per heavy atom. The molecule has 7 N–H and O–H groups in total. The van der Waals surface area contributed by atoms with E-state index in [1.165, 1.54) is 43.1 Å². The summed E-state index contributed by atoms with van der Waals surface area (Å²) in [7, 11) is -2.17. The van der Waals surface area contributed by atoms with Crippen molar-refractivity contribution in [3.8, 4) is 11.8 Å². The zero-order valence-electron chi connectivity index (χ0n) is 23.9. The number of hydrogen-bond donors (Lipinski definition) is 5. The van der Waals surface area contributed by atoms with Gasteiger partial charge in [-0.15, -0.1) is 0 Å². The Labute approximate surface area is 251 Å². The minimum atomic E-state index is -4.52. The summed E-state index contributed by atoms with van der Waals surface area (Å²) in [5, 5.41) is 38.5. The van der Waals surface area contributed by atoms with E-state index in [4.69, 9.17) is 25.3 Å². The summed E-state index contributed by atoms with van der Waals surface area (Å²) >= 11 is 0. The number of hydrogen-bond acceptors (Lipinski definition) is 15. The lowest BCUT2D eigenvalue weighted by Crippen LogP contribution is -2.46. The highest BCUT2D eigenvalue weighted by Gasteiger charge is 2.57. The first-order valence-electron chi connectivity index (χ1n) is 13.1. The van der Waals surface area contributed by atoms with Crippen LogP contribution in [0.25, 0.3) is 5.52 Å². The number of nitriles is 1. The summed E-state index contributed by atoms with van der Waals surface area (Å²) < 4.78 is 41.6. The molecular weight excluding hydrogens is 601 g/mol. The Balaban J connectivity index is 1.57. The maximum atomic E-state index is 13.9. The van der Waals surface area contributed by atoms with Gasteiger partial charge < -0.3 is 40.4 Å². The van der Waals surface area contributed by atoms with Crippen LogP contribution in [0.2, 0.25) is 0 Å². The number of carbonyl (C=O) groups is 2. The quantitative estimate of drug-likeness (QED) is 0.127. The second-order valence-corrected chi connectivity index (χ2v) is 11.6. The van der Waals surface area contributed by atoms with Crippen molar-refractivity contribution in [2.24, 2.45) is 5.73 Å². The third-order valence-corrected chi connectivity index (χ3v) is 8.53. The highest BCUT2D eigenvalue weighted by molar-refractivity contribution is 7.52. The van der Waals surface area contributed by atoms with Crippen LogP contribution in [-0.2, 0) is 39.3 Å². The van der Waals surface area contributed by atoms with E-state index in [1.54, 1.807) is 24.3 Å². The van der Waals surface area contributed by atoms with Crippen LogP contribution < -0.4 is 21.1 Å². The van der Waals surface area contributed by atoms with Crippen molar-refractivity contribution in [3.05, 3.63) is 54.0 Å². The lowest BCUT2D eigenvalue weighted by Gasteiger charge is -2.28. The van der Waals surface area contributed by atoms with Gasteiger partial charge in [0.25, 0.3) is 0 Å². The summed E-state index contributed by atoms with van der Waals surface area (Å²) in [6.07, 6.45) is -3.43. The molecule has 4 rings (SSSR count). The van der Waals surface area contributed by atoms with Gasteiger partial charge in [0.05, 0.1) is 19.9 Å². The number of carbonyl (C=O) groups excluding carboxylic acids is 2. The van der Waals surface area contributed by atoms with Gasteiger partial charge >= 0.3 is 19.7 Å². The number of aromatic nitrogens is 3. The molecule has 0 bridgehead atoms. The van der Waals surface area contributed by atoms with E-state index in [9.17, 15) is 29.6 Å². The standard InChI is InChI=1S/C26H32N7O10P/c1-14(24(36)39-2)32-44(38,43-16-6-4-15(5-7-16)10-17(28)25(37)40-3)41-12-26(11-27)22(35)20(34)21(42-26)18-8-9-19-23(29)30-13-31-33(18)19/h4-9,13-14,17,20-22,34-35H,10,12,28H2,1-3H3,(H,32,38)(H2,29,30,31)/t14-,17-,20-,21-,22-,26+,44?/m0/s1. The van der Waals surface area contributed by atoms with E-state index in [2.05, 4.69) is 24.6 Å². The number of aliphatic hydroxyl groups is 2. The number of nitrogen functional groups attached to an aromatic ring is 1. The number of nitrogens with two attached hydrogens (primary N) is 2. The number of nitrogens with zero attached hydrogens (tertiary/aromatic N) is 4. The Bertz CT molecular complexity index is 1600. The Kier molecular flexibility index (Phi) is 9.86. The van der Waals surface area contributed by atoms with Gasteiger partial charge in [-0.2, -0.15) is 15.4 Å². The minimum absolute atomic E-state index is 0.0158. The fourth-order valence-corrected chi connectivity index (χ4v) is 6.05. The molecule has 1 unspecified atom stereocenters. The molecule has 1 aliphatic heterocycles. The summed E-state index contributed by atoms with van der Waals surface area (Å²) in [5.74, 6) is -1.23. The van der Waals surface area contributed by atoms with Crippen molar-refractivity contribution in [2.45, 2.75) is 49.3 Å². The molecule has 1 saturated heterocycles. The van der Waals surface area contributed by atoms with E-state index in [0.717, 1.165) is 7.11 Å². The highest BCUT2D eigenvalue weighted by Crippen LogP contribution is 2.48. The molecule has 236 valence electrons. The number of esters is 2. The van der Waals surface area contributed by atoms with E-state index in [0.29, 0.717) is 11.1 Å². The van der Waals surface area contributed by atoms with Crippen LogP contribution in [0, 0.1) is 11.3 Å². The van der Waals surface area contributed by atoms with Crippen LogP contribution in [0.15, 0.2) is 42.7 Å². The number of ether oxygens (including phenoxy) is 3. The molecule has 0 amide bonds. The van der Waals surface area contributed by atoms with Gasteiger partial charge in [0.1, 0.15) is 60.7 Å². The van der Waals surface area contributed by atoms with Crippen LogP contribution in [-0.4, -0.2) is 87.5 Å². The molecular formula is C26H32N7O10P. The molecule has 0 aliphatic carbocycles. The number of aliphatic hydroxyl groups excluding tert-OH is 2. The number of benzene rings is 1. The summed E-state index contributed by atoms with van der Waals surface area (Å²) in [5.41, 5.74) is 10.7. The van der Waals surface area contributed by atoms with E-state index >= 15 is 0 Å². The molecule has 1 fully saturated rings. The van der Waals surface area contributed by atoms with Gasteiger partial charge in [-0.05, 0) is 43.2 Å². The fourth-order valence-electron chi connectivity index (χ4n) is 4.53. The van der Waals surface area contributed by atoms with Crippen molar-refractivity contribution in [3.63, 3.8) is 0 Å². The topological polar surface area (TPSA) is 256 Å². The second kappa shape index (κ2) is 13.2. The first kappa shape index (κ1) is 32.8. The van der Waals surface area contributed by atoms with Crippen LogP contribution >= 0.6 is 7.75 Å². The molecule has 3 aromatic rings. The average Bonchev–Trinajstić information content (AvgIpc) is 3.55. The Hall–Kier alpha value is -4.14. The third-order valence-electron chi connectivity index (χ3n) is 6.90. The smallest absolute Gasteiger partial charge is 0.459 e. The average molecular weight is 634 g/mol. The molecule has 2 aromatic heterocycles. The van der Waals surface area contributed by atoms with Crippen molar-refractivity contribution in [1.29, 1.82) is 5.26 Å². The van der Waals surface area contributed by atoms with Gasteiger partial charge in [-0.1, -0.05) is 12.1 Å². The summed E-state index contributed by atoms with van der Waals surface area (Å²) in [6, 6.07) is 8.77.